The SMILES string of the molecule is CCC(O)(CC)CN1C[C@H]2CNC[C@H]2C1. The summed E-state index contributed by atoms with van der Waals surface area (Å²) < 4.78 is 0. The highest BCUT2D eigenvalue weighted by Crippen LogP contribution is 2.28. The van der Waals surface area contributed by atoms with Crippen LogP contribution >= 0.6 is 0 Å². The van der Waals surface area contributed by atoms with Crippen LogP contribution < -0.4 is 5.32 Å². The first-order valence-corrected chi connectivity index (χ1v) is 6.32. The Hall–Kier alpha value is -0.120. The van der Waals surface area contributed by atoms with Crippen molar-refractivity contribution in [3.05, 3.63) is 0 Å². The van der Waals surface area contributed by atoms with E-state index < -0.39 is 5.60 Å². The predicted octanol–water partition coefficient (Wildman–Crippen LogP) is 0.689. The van der Waals surface area contributed by atoms with Crippen LogP contribution in [0.3, 0.4) is 0 Å². The minimum Gasteiger partial charge on any atom is -0.389 e. The topological polar surface area (TPSA) is 35.5 Å². The summed E-state index contributed by atoms with van der Waals surface area (Å²) in [7, 11) is 0. The van der Waals surface area contributed by atoms with Gasteiger partial charge in [0.2, 0.25) is 0 Å². The fourth-order valence-electron chi connectivity index (χ4n) is 2.97. The average molecular weight is 212 g/mol. The zero-order valence-corrected chi connectivity index (χ0v) is 10.00. The Bertz CT molecular complexity index is 204. The van der Waals surface area contributed by atoms with Gasteiger partial charge in [-0.25, -0.2) is 0 Å². The molecular formula is C12H24N2O. The highest BCUT2D eigenvalue weighted by Gasteiger charge is 2.38. The fourth-order valence-corrected chi connectivity index (χ4v) is 2.97. The molecule has 0 unspecified atom stereocenters. The van der Waals surface area contributed by atoms with Crippen LogP contribution in [-0.2, 0) is 0 Å². The molecule has 0 aromatic rings. The fraction of sp³-hybridized carbons (Fsp3) is 1.00. The monoisotopic (exact) mass is 212 g/mol. The maximum atomic E-state index is 10.3. The van der Waals surface area contributed by atoms with Crippen molar-refractivity contribution < 1.29 is 5.11 Å². The second-order valence-electron chi connectivity index (χ2n) is 5.30. The quantitative estimate of drug-likeness (QED) is 0.719. The van der Waals surface area contributed by atoms with Gasteiger partial charge in [-0.3, -0.25) is 4.90 Å². The lowest BCUT2D eigenvalue weighted by atomic mass is 9.97. The van der Waals surface area contributed by atoms with Gasteiger partial charge in [0.05, 0.1) is 5.60 Å². The summed E-state index contributed by atoms with van der Waals surface area (Å²) in [6, 6.07) is 0. The average Bonchev–Trinajstić information content (AvgIpc) is 2.77. The van der Waals surface area contributed by atoms with Crippen molar-refractivity contribution in [2.75, 3.05) is 32.7 Å². The van der Waals surface area contributed by atoms with E-state index in [1.165, 1.54) is 26.2 Å². The zero-order valence-electron chi connectivity index (χ0n) is 10.00. The van der Waals surface area contributed by atoms with E-state index in [0.29, 0.717) is 0 Å². The first-order valence-electron chi connectivity index (χ1n) is 6.32. The number of aliphatic hydroxyl groups is 1. The first kappa shape index (κ1) is 11.4. The van der Waals surface area contributed by atoms with E-state index in [2.05, 4.69) is 24.1 Å². The number of likely N-dealkylation sites (tertiary alicyclic amines) is 1. The van der Waals surface area contributed by atoms with Crippen LogP contribution in [0.15, 0.2) is 0 Å². The normalized spacial score (nSPS) is 32.2. The summed E-state index contributed by atoms with van der Waals surface area (Å²) >= 11 is 0. The summed E-state index contributed by atoms with van der Waals surface area (Å²) in [6.45, 7) is 9.76. The van der Waals surface area contributed by atoms with E-state index in [1.54, 1.807) is 0 Å². The van der Waals surface area contributed by atoms with Gasteiger partial charge in [-0.1, -0.05) is 13.8 Å². The highest BCUT2D eigenvalue weighted by atomic mass is 16.3. The number of nitrogens with one attached hydrogen (secondary N) is 1. The van der Waals surface area contributed by atoms with Crippen molar-refractivity contribution in [1.29, 1.82) is 0 Å². The Morgan fingerprint density at radius 3 is 2.20 bits per heavy atom. The van der Waals surface area contributed by atoms with Crippen molar-refractivity contribution in [3.63, 3.8) is 0 Å². The van der Waals surface area contributed by atoms with Crippen molar-refractivity contribution in [2.24, 2.45) is 11.8 Å². The number of β-amino-alcohol motifs (C(OH)–C–C–N with tert-alkyl or cyclic N) is 1. The lowest BCUT2D eigenvalue weighted by Crippen LogP contribution is -2.42. The molecule has 0 aromatic heterocycles. The van der Waals surface area contributed by atoms with E-state index >= 15 is 0 Å². The van der Waals surface area contributed by atoms with E-state index in [-0.39, 0.29) is 0 Å². The third kappa shape index (κ3) is 2.35. The standard InChI is InChI=1S/C12H24N2O/c1-3-12(15,4-2)9-14-7-10-5-13-6-11(10)8-14/h10-11,13,15H,3-9H2,1-2H3/t10-,11+. The van der Waals surface area contributed by atoms with Crippen molar-refractivity contribution >= 4 is 0 Å². The number of rotatable bonds is 4. The molecule has 0 saturated carbocycles. The zero-order chi connectivity index (χ0) is 10.9. The Balaban J connectivity index is 1.86. The van der Waals surface area contributed by atoms with Gasteiger partial charge in [-0.2, -0.15) is 0 Å². The molecule has 0 spiro atoms. The molecular weight excluding hydrogens is 188 g/mol. The van der Waals surface area contributed by atoms with E-state index in [9.17, 15) is 5.11 Å². The number of hydrogen-bond donors (Lipinski definition) is 2. The molecule has 2 aliphatic heterocycles. The van der Waals surface area contributed by atoms with Gasteiger partial charge in [0, 0.05) is 19.6 Å². The van der Waals surface area contributed by atoms with Crippen LogP contribution in [0.5, 0.6) is 0 Å². The van der Waals surface area contributed by atoms with Crippen LogP contribution in [0.25, 0.3) is 0 Å². The lowest BCUT2D eigenvalue weighted by Gasteiger charge is -2.31. The largest absolute Gasteiger partial charge is 0.389 e. The predicted molar refractivity (Wildman–Crippen MR) is 61.8 cm³/mol. The molecule has 3 nitrogen and oxygen atoms in total. The van der Waals surface area contributed by atoms with Crippen molar-refractivity contribution in [1.82, 2.24) is 10.2 Å². The molecule has 0 bridgehead atoms. The Kier molecular flexibility index (Phi) is 3.33. The summed E-state index contributed by atoms with van der Waals surface area (Å²) in [5, 5.41) is 13.7. The van der Waals surface area contributed by atoms with Crippen molar-refractivity contribution in [3.8, 4) is 0 Å². The molecule has 88 valence electrons. The van der Waals surface area contributed by atoms with Crippen molar-refractivity contribution in [2.45, 2.75) is 32.3 Å². The third-order valence-electron chi connectivity index (χ3n) is 4.30. The summed E-state index contributed by atoms with van der Waals surface area (Å²) in [5.41, 5.74) is -0.452. The molecule has 0 radical (unpaired) electrons. The second-order valence-corrected chi connectivity index (χ2v) is 5.30. The summed E-state index contributed by atoms with van der Waals surface area (Å²) in [4.78, 5) is 2.46. The molecule has 2 aliphatic rings. The Labute approximate surface area is 92.8 Å². The number of fused-ring (bicyclic) bond motifs is 1. The summed E-state index contributed by atoms with van der Waals surface area (Å²) in [6.07, 6.45) is 1.74. The van der Waals surface area contributed by atoms with E-state index in [1.807, 2.05) is 0 Å². The van der Waals surface area contributed by atoms with E-state index in [0.717, 1.165) is 31.2 Å². The van der Waals surface area contributed by atoms with Gasteiger partial charge >= 0.3 is 0 Å². The third-order valence-corrected chi connectivity index (χ3v) is 4.30. The van der Waals surface area contributed by atoms with Crippen LogP contribution in [0, 0.1) is 11.8 Å². The highest BCUT2D eigenvalue weighted by molar-refractivity contribution is 4.93. The number of nitrogens with zero attached hydrogens (tertiary/aromatic N) is 1. The summed E-state index contributed by atoms with van der Waals surface area (Å²) in [5.74, 6) is 1.67. The molecule has 0 aromatic carbocycles. The molecule has 0 amide bonds. The smallest absolute Gasteiger partial charge is 0.0768 e. The maximum absolute atomic E-state index is 10.3. The van der Waals surface area contributed by atoms with Gasteiger partial charge in [-0.15, -0.1) is 0 Å². The maximum Gasteiger partial charge on any atom is 0.0768 e. The molecule has 2 saturated heterocycles. The molecule has 0 aliphatic carbocycles. The molecule has 2 atom stereocenters. The lowest BCUT2D eigenvalue weighted by molar-refractivity contribution is 0.000805. The van der Waals surface area contributed by atoms with Gasteiger partial charge in [0.15, 0.2) is 0 Å². The van der Waals surface area contributed by atoms with Crippen LogP contribution in [-0.4, -0.2) is 48.3 Å². The molecule has 2 heterocycles. The van der Waals surface area contributed by atoms with Crippen LogP contribution in [0.1, 0.15) is 26.7 Å². The van der Waals surface area contributed by atoms with E-state index in [4.69, 9.17) is 0 Å². The van der Waals surface area contributed by atoms with Gasteiger partial charge < -0.3 is 10.4 Å². The first-order chi connectivity index (χ1) is 7.17. The van der Waals surface area contributed by atoms with Gasteiger partial charge in [0.1, 0.15) is 0 Å². The van der Waals surface area contributed by atoms with Gasteiger partial charge in [-0.05, 0) is 37.8 Å². The second kappa shape index (κ2) is 4.40. The van der Waals surface area contributed by atoms with Crippen LogP contribution in [0.4, 0.5) is 0 Å². The molecule has 2 fully saturated rings. The minimum atomic E-state index is -0.452. The molecule has 2 rings (SSSR count). The Morgan fingerprint density at radius 2 is 1.73 bits per heavy atom. The Morgan fingerprint density at radius 1 is 1.20 bits per heavy atom. The number of hydrogen-bond acceptors (Lipinski definition) is 3. The molecule has 2 N–H and O–H groups in total. The van der Waals surface area contributed by atoms with Gasteiger partial charge in [0.25, 0.3) is 0 Å². The molecule has 3 heteroatoms. The minimum absolute atomic E-state index is 0.452. The molecule has 15 heavy (non-hydrogen) atoms. The van der Waals surface area contributed by atoms with Crippen LogP contribution in [0.2, 0.25) is 0 Å².